The molecule has 96 valence electrons. The van der Waals surface area contributed by atoms with Gasteiger partial charge in [0.05, 0.1) is 0 Å². The van der Waals surface area contributed by atoms with Crippen molar-refractivity contribution >= 4 is 0 Å². The van der Waals surface area contributed by atoms with Crippen LogP contribution in [-0.2, 0) is 9.47 Å². The van der Waals surface area contributed by atoms with Crippen LogP contribution in [-0.4, -0.2) is 26.4 Å². The van der Waals surface area contributed by atoms with E-state index >= 15 is 0 Å². The number of hydrogen-bond acceptors (Lipinski definition) is 2. The maximum atomic E-state index is 5.66. The maximum absolute atomic E-state index is 5.66. The molecule has 2 unspecified atom stereocenters. The van der Waals surface area contributed by atoms with Gasteiger partial charge in [-0.2, -0.15) is 0 Å². The van der Waals surface area contributed by atoms with Crippen molar-refractivity contribution in [2.45, 2.75) is 52.4 Å². The molecule has 0 heterocycles. The Kier molecular flexibility index (Phi) is 7.87. The zero-order chi connectivity index (χ0) is 11.6. The van der Waals surface area contributed by atoms with E-state index < -0.39 is 0 Å². The van der Waals surface area contributed by atoms with E-state index in [9.17, 15) is 0 Å². The molecule has 0 saturated heterocycles. The lowest BCUT2D eigenvalue weighted by atomic mass is 9.82. The predicted molar refractivity (Wildman–Crippen MR) is 67.7 cm³/mol. The van der Waals surface area contributed by atoms with Gasteiger partial charge in [0.1, 0.15) is 0 Å². The Morgan fingerprint density at radius 2 is 1.38 bits per heavy atom. The molecular weight excluding hydrogens is 200 g/mol. The van der Waals surface area contributed by atoms with Gasteiger partial charge in [-0.25, -0.2) is 0 Å². The second kappa shape index (κ2) is 9.00. The molecule has 0 spiro atoms. The van der Waals surface area contributed by atoms with E-state index in [1.54, 1.807) is 0 Å². The van der Waals surface area contributed by atoms with Crippen molar-refractivity contribution in [1.29, 1.82) is 0 Å². The molecule has 0 amide bonds. The van der Waals surface area contributed by atoms with E-state index in [1.807, 2.05) is 0 Å². The molecule has 16 heavy (non-hydrogen) atoms. The van der Waals surface area contributed by atoms with Gasteiger partial charge in [0.15, 0.2) is 0 Å². The third kappa shape index (κ3) is 5.86. The highest BCUT2D eigenvalue weighted by molar-refractivity contribution is 4.72. The van der Waals surface area contributed by atoms with Crippen LogP contribution < -0.4 is 0 Å². The van der Waals surface area contributed by atoms with Gasteiger partial charge >= 0.3 is 0 Å². The van der Waals surface area contributed by atoms with Crippen LogP contribution in [0.1, 0.15) is 52.4 Å². The highest BCUT2D eigenvalue weighted by Crippen LogP contribution is 2.29. The number of rotatable bonds is 8. The fourth-order valence-electron chi connectivity index (χ4n) is 2.49. The van der Waals surface area contributed by atoms with E-state index in [0.29, 0.717) is 0 Å². The first-order valence-corrected chi connectivity index (χ1v) is 7.02. The molecule has 0 aromatic carbocycles. The van der Waals surface area contributed by atoms with Crippen molar-refractivity contribution in [3.63, 3.8) is 0 Å². The quantitative estimate of drug-likeness (QED) is 0.590. The summed E-state index contributed by atoms with van der Waals surface area (Å²) in [4.78, 5) is 0. The first-order valence-electron chi connectivity index (χ1n) is 7.02. The van der Waals surface area contributed by atoms with E-state index in [4.69, 9.17) is 9.47 Å². The minimum atomic E-state index is 0.788. The van der Waals surface area contributed by atoms with Crippen LogP contribution in [0.4, 0.5) is 0 Å². The van der Waals surface area contributed by atoms with Crippen molar-refractivity contribution in [1.82, 2.24) is 0 Å². The maximum Gasteiger partial charge on any atom is 0.0494 e. The fourth-order valence-corrected chi connectivity index (χ4v) is 2.49. The normalized spacial score (nSPS) is 25.9. The molecule has 0 N–H and O–H groups in total. The van der Waals surface area contributed by atoms with E-state index in [1.165, 1.54) is 25.7 Å². The lowest BCUT2D eigenvalue weighted by Crippen LogP contribution is -2.23. The average molecular weight is 228 g/mol. The monoisotopic (exact) mass is 228 g/mol. The summed E-state index contributed by atoms with van der Waals surface area (Å²) in [5.74, 6) is 1.58. The summed E-state index contributed by atoms with van der Waals surface area (Å²) in [5, 5.41) is 0. The highest BCUT2D eigenvalue weighted by Gasteiger charge is 2.21. The van der Waals surface area contributed by atoms with Crippen LogP contribution >= 0.6 is 0 Å². The van der Waals surface area contributed by atoms with Crippen LogP contribution in [0.3, 0.4) is 0 Å². The number of hydrogen-bond donors (Lipinski definition) is 0. The van der Waals surface area contributed by atoms with Crippen LogP contribution in [0.15, 0.2) is 0 Å². The van der Waals surface area contributed by atoms with E-state index in [2.05, 4.69) is 13.8 Å². The van der Waals surface area contributed by atoms with Gasteiger partial charge in [-0.15, -0.1) is 0 Å². The lowest BCUT2D eigenvalue weighted by molar-refractivity contribution is 0.0424. The first kappa shape index (κ1) is 14.0. The third-order valence-corrected chi connectivity index (χ3v) is 3.30. The molecule has 2 atom stereocenters. The Labute approximate surface area is 101 Å². The Balaban J connectivity index is 2.09. The van der Waals surface area contributed by atoms with Crippen LogP contribution in [0.2, 0.25) is 0 Å². The molecular formula is C14H28O2. The molecule has 0 aromatic rings. The van der Waals surface area contributed by atoms with Crippen molar-refractivity contribution in [2.24, 2.45) is 11.8 Å². The molecule has 2 nitrogen and oxygen atoms in total. The van der Waals surface area contributed by atoms with Crippen molar-refractivity contribution in [2.75, 3.05) is 26.4 Å². The zero-order valence-corrected chi connectivity index (χ0v) is 11.0. The van der Waals surface area contributed by atoms with Gasteiger partial charge in [0, 0.05) is 26.4 Å². The fraction of sp³-hybridized carbons (Fsp3) is 1.00. The largest absolute Gasteiger partial charge is 0.381 e. The molecule has 1 aliphatic rings. The standard InChI is InChI=1S/C14H28O2/c1-3-8-15-11-13-6-5-7-14(10-13)12-16-9-4-2/h13-14H,3-12H2,1-2H3. The van der Waals surface area contributed by atoms with Crippen molar-refractivity contribution in [3.8, 4) is 0 Å². The number of ether oxygens (including phenoxy) is 2. The molecule has 1 fully saturated rings. The smallest absolute Gasteiger partial charge is 0.0494 e. The van der Waals surface area contributed by atoms with Crippen LogP contribution in [0.25, 0.3) is 0 Å². The van der Waals surface area contributed by atoms with Crippen LogP contribution in [0, 0.1) is 11.8 Å². The summed E-state index contributed by atoms with van der Waals surface area (Å²) in [6.07, 6.45) is 7.65. The summed E-state index contributed by atoms with van der Waals surface area (Å²) in [6, 6.07) is 0. The van der Waals surface area contributed by atoms with Crippen molar-refractivity contribution in [3.05, 3.63) is 0 Å². The minimum Gasteiger partial charge on any atom is -0.381 e. The Morgan fingerprint density at radius 1 is 0.875 bits per heavy atom. The Hall–Kier alpha value is -0.0800. The third-order valence-electron chi connectivity index (χ3n) is 3.30. The van der Waals surface area contributed by atoms with Gasteiger partial charge in [0.2, 0.25) is 0 Å². The summed E-state index contributed by atoms with van der Waals surface area (Å²) < 4.78 is 11.3. The summed E-state index contributed by atoms with van der Waals surface area (Å²) in [5.41, 5.74) is 0. The molecule has 1 saturated carbocycles. The second-order valence-corrected chi connectivity index (χ2v) is 5.05. The Morgan fingerprint density at radius 3 is 1.81 bits per heavy atom. The van der Waals surface area contributed by atoms with E-state index in [-0.39, 0.29) is 0 Å². The molecule has 1 aliphatic carbocycles. The molecule has 0 aromatic heterocycles. The predicted octanol–water partition coefficient (Wildman–Crippen LogP) is 3.65. The molecule has 2 heteroatoms. The highest BCUT2D eigenvalue weighted by atomic mass is 16.5. The lowest BCUT2D eigenvalue weighted by Gasteiger charge is -2.28. The summed E-state index contributed by atoms with van der Waals surface area (Å²) in [6.45, 7) is 8.13. The summed E-state index contributed by atoms with van der Waals surface area (Å²) >= 11 is 0. The zero-order valence-electron chi connectivity index (χ0n) is 11.0. The van der Waals surface area contributed by atoms with Gasteiger partial charge in [-0.05, 0) is 43.9 Å². The van der Waals surface area contributed by atoms with E-state index in [0.717, 1.165) is 51.1 Å². The summed E-state index contributed by atoms with van der Waals surface area (Å²) in [7, 11) is 0. The molecule has 0 aliphatic heterocycles. The Bertz CT molecular complexity index is 143. The van der Waals surface area contributed by atoms with Gasteiger partial charge in [0.25, 0.3) is 0 Å². The SMILES string of the molecule is CCCOCC1CCCC(COCCC)C1. The minimum absolute atomic E-state index is 0.788. The molecule has 0 radical (unpaired) electrons. The van der Waals surface area contributed by atoms with Gasteiger partial charge in [-0.1, -0.05) is 20.3 Å². The van der Waals surface area contributed by atoms with Crippen LogP contribution in [0.5, 0.6) is 0 Å². The van der Waals surface area contributed by atoms with Gasteiger partial charge in [-0.3, -0.25) is 0 Å². The molecule has 0 bridgehead atoms. The average Bonchev–Trinajstić information content (AvgIpc) is 2.30. The first-order chi connectivity index (χ1) is 7.86. The second-order valence-electron chi connectivity index (χ2n) is 5.05. The van der Waals surface area contributed by atoms with Crippen molar-refractivity contribution < 1.29 is 9.47 Å². The molecule has 1 rings (SSSR count). The van der Waals surface area contributed by atoms with Gasteiger partial charge < -0.3 is 9.47 Å². The topological polar surface area (TPSA) is 18.5 Å².